The van der Waals surface area contributed by atoms with E-state index in [9.17, 15) is 0 Å². The van der Waals surface area contributed by atoms with Gasteiger partial charge in [0.15, 0.2) is 0 Å². The molecule has 0 saturated carbocycles. The van der Waals surface area contributed by atoms with E-state index < -0.39 is 0 Å². The van der Waals surface area contributed by atoms with Crippen molar-refractivity contribution >= 4 is 0 Å². The zero-order valence-corrected chi connectivity index (χ0v) is 9.40. The molecule has 0 amide bonds. The molecule has 0 aliphatic rings. The summed E-state index contributed by atoms with van der Waals surface area (Å²) in [5.41, 5.74) is 0. The predicted octanol–water partition coefficient (Wildman–Crippen LogP) is 4.81. The smallest absolute Gasteiger partial charge is 0.0356 e. The molecular formula is C12H26. The van der Waals surface area contributed by atoms with Gasteiger partial charge in [0.05, 0.1) is 0 Å². The van der Waals surface area contributed by atoms with Crippen molar-refractivity contribution in [1.29, 1.82) is 0 Å². The standard InChI is InChI=1S/C7H16.C5H10/c1-4-5-6-7(2)3;1-3-5-4-2/h7H,4-6H2,1-3H3;3H,1,4-5H2,2H3. The molecule has 0 fully saturated rings. The molecule has 0 saturated heterocycles. The second-order valence-electron chi connectivity index (χ2n) is 3.61. The minimum atomic E-state index is 0.903. The molecule has 0 nitrogen and oxygen atoms in total. The molecule has 0 aliphatic carbocycles. The molecule has 0 rings (SSSR count). The summed E-state index contributed by atoms with van der Waals surface area (Å²) in [7, 11) is 0. The third-order valence-corrected chi connectivity index (χ3v) is 1.63. The summed E-state index contributed by atoms with van der Waals surface area (Å²) < 4.78 is 0. The summed E-state index contributed by atoms with van der Waals surface area (Å²) in [6.45, 7) is 12.5. The minimum absolute atomic E-state index is 0.903. The van der Waals surface area contributed by atoms with Gasteiger partial charge in [-0.25, -0.2) is 0 Å². The molecule has 0 heterocycles. The summed E-state index contributed by atoms with van der Waals surface area (Å²) in [5, 5.41) is 0. The fourth-order valence-corrected chi connectivity index (χ4v) is 0.816. The van der Waals surface area contributed by atoms with Gasteiger partial charge in [0, 0.05) is 0 Å². The van der Waals surface area contributed by atoms with Crippen LogP contribution in [0.5, 0.6) is 0 Å². The monoisotopic (exact) mass is 170 g/mol. The zero-order chi connectivity index (χ0) is 9.82. The van der Waals surface area contributed by atoms with E-state index in [0.29, 0.717) is 0 Å². The Hall–Kier alpha value is -0.260. The maximum Gasteiger partial charge on any atom is -0.0356 e. The van der Waals surface area contributed by atoms with Gasteiger partial charge in [-0.1, -0.05) is 59.5 Å². The third-order valence-electron chi connectivity index (χ3n) is 1.63. The molecular weight excluding hydrogens is 144 g/mol. The van der Waals surface area contributed by atoms with Gasteiger partial charge in [-0.15, -0.1) is 6.58 Å². The Bertz CT molecular complexity index is 72.1. The second-order valence-corrected chi connectivity index (χ2v) is 3.61. The van der Waals surface area contributed by atoms with Crippen molar-refractivity contribution in [2.45, 2.75) is 59.8 Å². The van der Waals surface area contributed by atoms with E-state index in [-0.39, 0.29) is 0 Å². The van der Waals surface area contributed by atoms with Gasteiger partial charge in [-0.05, 0) is 12.3 Å². The van der Waals surface area contributed by atoms with Crippen molar-refractivity contribution in [2.24, 2.45) is 5.92 Å². The van der Waals surface area contributed by atoms with Crippen LogP contribution in [0.15, 0.2) is 12.7 Å². The molecule has 0 aromatic rings. The van der Waals surface area contributed by atoms with Gasteiger partial charge < -0.3 is 0 Å². The Balaban J connectivity index is 0. The number of rotatable bonds is 5. The van der Waals surface area contributed by atoms with Crippen LogP contribution in [0.4, 0.5) is 0 Å². The van der Waals surface area contributed by atoms with Crippen LogP contribution in [-0.2, 0) is 0 Å². The maximum atomic E-state index is 3.55. The lowest BCUT2D eigenvalue weighted by molar-refractivity contribution is 0.550. The van der Waals surface area contributed by atoms with Crippen LogP contribution in [0.3, 0.4) is 0 Å². The van der Waals surface area contributed by atoms with Crippen LogP contribution in [0.2, 0.25) is 0 Å². The topological polar surface area (TPSA) is 0 Å². The lowest BCUT2D eigenvalue weighted by Gasteiger charge is -1.98. The predicted molar refractivity (Wildman–Crippen MR) is 59.5 cm³/mol. The fraction of sp³-hybridized carbons (Fsp3) is 0.833. The van der Waals surface area contributed by atoms with Gasteiger partial charge in [-0.3, -0.25) is 0 Å². The molecule has 0 aliphatic heterocycles. The Morgan fingerprint density at radius 3 is 1.83 bits per heavy atom. The molecule has 0 N–H and O–H groups in total. The van der Waals surface area contributed by atoms with E-state index in [4.69, 9.17) is 0 Å². The van der Waals surface area contributed by atoms with Crippen LogP contribution >= 0.6 is 0 Å². The molecule has 0 aromatic heterocycles. The summed E-state index contributed by atoms with van der Waals surface area (Å²) in [4.78, 5) is 0. The van der Waals surface area contributed by atoms with Crippen molar-refractivity contribution in [2.75, 3.05) is 0 Å². The first-order chi connectivity index (χ1) is 5.68. The Morgan fingerprint density at radius 1 is 1.17 bits per heavy atom. The Kier molecular flexibility index (Phi) is 15.9. The van der Waals surface area contributed by atoms with Crippen LogP contribution in [-0.4, -0.2) is 0 Å². The van der Waals surface area contributed by atoms with Crippen molar-refractivity contribution in [1.82, 2.24) is 0 Å². The quantitative estimate of drug-likeness (QED) is 0.520. The number of hydrogen-bond acceptors (Lipinski definition) is 0. The highest BCUT2D eigenvalue weighted by atomic mass is 13.9. The van der Waals surface area contributed by atoms with E-state index >= 15 is 0 Å². The van der Waals surface area contributed by atoms with Gasteiger partial charge in [-0.2, -0.15) is 0 Å². The van der Waals surface area contributed by atoms with E-state index in [0.717, 1.165) is 12.3 Å². The fourth-order valence-electron chi connectivity index (χ4n) is 0.816. The molecule has 0 atom stereocenters. The molecule has 0 spiro atoms. The summed E-state index contributed by atoms with van der Waals surface area (Å²) in [6, 6.07) is 0. The SMILES string of the molecule is C=CCCC.CCCCC(C)C. The summed E-state index contributed by atoms with van der Waals surface area (Å²) in [6.07, 6.45) is 8.45. The van der Waals surface area contributed by atoms with E-state index in [1.807, 2.05) is 6.08 Å². The van der Waals surface area contributed by atoms with E-state index in [1.165, 1.54) is 25.7 Å². The number of allylic oxidation sites excluding steroid dienone is 1. The minimum Gasteiger partial charge on any atom is -0.103 e. The van der Waals surface area contributed by atoms with Gasteiger partial charge in [0.2, 0.25) is 0 Å². The third kappa shape index (κ3) is 22.6. The average molecular weight is 170 g/mol. The normalized spacial score (nSPS) is 9.08. The first kappa shape index (κ1) is 14.3. The highest BCUT2D eigenvalue weighted by Gasteiger charge is 1.88. The van der Waals surface area contributed by atoms with E-state index in [1.54, 1.807) is 0 Å². The highest BCUT2D eigenvalue weighted by molar-refractivity contribution is 4.63. The first-order valence-corrected chi connectivity index (χ1v) is 5.29. The van der Waals surface area contributed by atoms with E-state index in [2.05, 4.69) is 34.3 Å². The second kappa shape index (κ2) is 13.3. The first-order valence-electron chi connectivity index (χ1n) is 5.29. The number of hydrogen-bond donors (Lipinski definition) is 0. The Morgan fingerprint density at radius 2 is 1.75 bits per heavy atom. The molecule has 12 heavy (non-hydrogen) atoms. The summed E-state index contributed by atoms with van der Waals surface area (Å²) >= 11 is 0. The van der Waals surface area contributed by atoms with Gasteiger partial charge >= 0.3 is 0 Å². The molecule has 0 bridgehead atoms. The molecule has 0 unspecified atom stereocenters. The highest BCUT2D eigenvalue weighted by Crippen LogP contribution is 2.04. The van der Waals surface area contributed by atoms with Crippen LogP contribution in [0.25, 0.3) is 0 Å². The van der Waals surface area contributed by atoms with Crippen LogP contribution in [0, 0.1) is 5.92 Å². The largest absolute Gasteiger partial charge is 0.103 e. The molecule has 0 radical (unpaired) electrons. The summed E-state index contributed by atoms with van der Waals surface area (Å²) in [5.74, 6) is 0.903. The maximum absolute atomic E-state index is 3.55. The van der Waals surface area contributed by atoms with Crippen LogP contribution < -0.4 is 0 Å². The Labute approximate surface area is 79.1 Å². The molecule has 0 heteroatoms. The lowest BCUT2D eigenvalue weighted by atomic mass is 10.1. The molecule has 0 aromatic carbocycles. The zero-order valence-electron chi connectivity index (χ0n) is 9.40. The van der Waals surface area contributed by atoms with Crippen molar-refractivity contribution in [3.8, 4) is 0 Å². The van der Waals surface area contributed by atoms with Crippen molar-refractivity contribution in [3.05, 3.63) is 12.7 Å². The average Bonchev–Trinajstić information content (AvgIpc) is 2.03. The van der Waals surface area contributed by atoms with Crippen molar-refractivity contribution < 1.29 is 0 Å². The number of unbranched alkanes of at least 4 members (excludes halogenated alkanes) is 2. The lowest BCUT2D eigenvalue weighted by Crippen LogP contribution is -1.83. The molecule has 74 valence electrons. The van der Waals surface area contributed by atoms with Gasteiger partial charge in [0.1, 0.15) is 0 Å². The van der Waals surface area contributed by atoms with Crippen molar-refractivity contribution in [3.63, 3.8) is 0 Å². The van der Waals surface area contributed by atoms with Gasteiger partial charge in [0.25, 0.3) is 0 Å². The van der Waals surface area contributed by atoms with Crippen LogP contribution in [0.1, 0.15) is 59.8 Å².